The number of rotatable bonds is 6. The molecule has 0 spiro atoms. The van der Waals surface area contributed by atoms with Crippen molar-refractivity contribution in [3.63, 3.8) is 0 Å². The van der Waals surface area contributed by atoms with E-state index in [0.717, 1.165) is 4.88 Å². The molecule has 0 saturated carbocycles. The fourth-order valence-electron chi connectivity index (χ4n) is 1.51. The Morgan fingerprint density at radius 2 is 2.11 bits per heavy atom. The molecule has 1 aromatic heterocycles. The highest BCUT2D eigenvalue weighted by Gasteiger charge is 2.21. The number of aliphatic carboxylic acids is 1. The number of thiophene rings is 1. The van der Waals surface area contributed by atoms with E-state index in [4.69, 9.17) is 16.7 Å². The summed E-state index contributed by atoms with van der Waals surface area (Å²) in [5, 5.41) is 11.5. The average molecular weight is 290 g/mol. The number of carbonyl (C=O) groups is 2. The van der Waals surface area contributed by atoms with Gasteiger partial charge >= 0.3 is 5.97 Å². The normalized spacial score (nSPS) is 11.3. The van der Waals surface area contributed by atoms with Gasteiger partial charge in [0.25, 0.3) is 0 Å². The minimum atomic E-state index is -0.859. The Hall–Kier alpha value is -1.07. The lowest BCUT2D eigenvalue weighted by atomic mass is 9.98. The monoisotopic (exact) mass is 289 g/mol. The first-order valence-electron chi connectivity index (χ1n) is 5.55. The molecular weight excluding hydrogens is 274 g/mol. The van der Waals surface area contributed by atoms with Crippen LogP contribution in [-0.2, 0) is 16.0 Å². The zero-order valence-electron chi connectivity index (χ0n) is 10.3. The molecule has 1 heterocycles. The average Bonchev–Trinajstić information content (AvgIpc) is 2.60. The summed E-state index contributed by atoms with van der Waals surface area (Å²) in [6, 6.07) is 3.57. The number of carboxylic acids is 1. The molecule has 2 N–H and O–H groups in total. The maximum absolute atomic E-state index is 11.8. The van der Waals surface area contributed by atoms with Gasteiger partial charge in [-0.25, -0.2) is 0 Å². The number of carbonyl (C=O) groups excluding carboxylic acids is 1. The van der Waals surface area contributed by atoms with E-state index in [1.807, 2.05) is 19.9 Å². The van der Waals surface area contributed by atoms with Gasteiger partial charge in [-0.2, -0.15) is 0 Å². The van der Waals surface area contributed by atoms with Crippen molar-refractivity contribution >= 4 is 34.8 Å². The molecule has 0 aliphatic heterocycles. The first-order chi connectivity index (χ1) is 8.28. The third kappa shape index (κ3) is 5.51. The molecule has 1 amide bonds. The quantitative estimate of drug-likeness (QED) is 0.846. The Kier molecular flexibility index (Phi) is 5.16. The second-order valence-corrected chi connectivity index (χ2v) is 6.51. The Morgan fingerprint density at radius 1 is 1.44 bits per heavy atom. The maximum atomic E-state index is 11.8. The third-order valence-corrected chi connectivity index (χ3v) is 3.64. The predicted molar refractivity (Wildman–Crippen MR) is 72.1 cm³/mol. The van der Waals surface area contributed by atoms with Crippen LogP contribution in [0.3, 0.4) is 0 Å². The van der Waals surface area contributed by atoms with E-state index in [1.165, 1.54) is 11.3 Å². The fourth-order valence-corrected chi connectivity index (χ4v) is 2.59. The van der Waals surface area contributed by atoms with Crippen molar-refractivity contribution in [2.75, 3.05) is 0 Å². The molecule has 100 valence electrons. The van der Waals surface area contributed by atoms with Crippen molar-refractivity contribution in [2.45, 2.75) is 38.6 Å². The van der Waals surface area contributed by atoms with Crippen molar-refractivity contribution in [3.8, 4) is 0 Å². The summed E-state index contributed by atoms with van der Waals surface area (Å²) in [7, 11) is 0. The van der Waals surface area contributed by atoms with Gasteiger partial charge in [-0.1, -0.05) is 11.6 Å². The van der Waals surface area contributed by atoms with Crippen LogP contribution in [0.25, 0.3) is 0 Å². The molecule has 0 atom stereocenters. The summed E-state index contributed by atoms with van der Waals surface area (Å²) < 4.78 is 0.655. The van der Waals surface area contributed by atoms with Crippen molar-refractivity contribution in [1.82, 2.24) is 5.32 Å². The fraction of sp³-hybridized carbons (Fsp3) is 0.500. The highest BCUT2D eigenvalue weighted by molar-refractivity contribution is 7.16. The molecule has 0 aromatic carbocycles. The van der Waals surface area contributed by atoms with Crippen LogP contribution >= 0.6 is 22.9 Å². The van der Waals surface area contributed by atoms with Crippen molar-refractivity contribution in [2.24, 2.45) is 0 Å². The molecule has 0 bridgehead atoms. The molecule has 0 unspecified atom stereocenters. The zero-order valence-corrected chi connectivity index (χ0v) is 11.9. The van der Waals surface area contributed by atoms with E-state index in [9.17, 15) is 9.59 Å². The van der Waals surface area contributed by atoms with Gasteiger partial charge in [-0.05, 0) is 32.4 Å². The maximum Gasteiger partial charge on any atom is 0.303 e. The van der Waals surface area contributed by atoms with Gasteiger partial charge in [-0.15, -0.1) is 11.3 Å². The van der Waals surface area contributed by atoms with Gasteiger partial charge in [-0.3, -0.25) is 9.59 Å². The lowest BCUT2D eigenvalue weighted by molar-refractivity contribution is -0.137. The van der Waals surface area contributed by atoms with Crippen LogP contribution in [0, 0.1) is 0 Å². The van der Waals surface area contributed by atoms with Crippen LogP contribution in [0.2, 0.25) is 4.34 Å². The second-order valence-electron chi connectivity index (χ2n) is 4.71. The third-order valence-electron chi connectivity index (χ3n) is 2.41. The molecule has 0 fully saturated rings. The van der Waals surface area contributed by atoms with E-state index in [1.54, 1.807) is 6.07 Å². The summed E-state index contributed by atoms with van der Waals surface area (Å²) in [4.78, 5) is 23.2. The summed E-state index contributed by atoms with van der Waals surface area (Å²) in [6.07, 6.45) is 0.714. The first kappa shape index (κ1) is 15.0. The topological polar surface area (TPSA) is 66.4 Å². The minimum absolute atomic E-state index is 0.0398. The number of amides is 1. The Morgan fingerprint density at radius 3 is 2.61 bits per heavy atom. The van der Waals surface area contributed by atoms with Gasteiger partial charge in [0, 0.05) is 16.8 Å². The van der Waals surface area contributed by atoms with Gasteiger partial charge in [0.2, 0.25) is 5.91 Å². The molecule has 0 radical (unpaired) electrons. The smallest absolute Gasteiger partial charge is 0.303 e. The second kappa shape index (κ2) is 6.20. The van der Waals surface area contributed by atoms with Crippen molar-refractivity contribution in [3.05, 3.63) is 21.3 Å². The summed E-state index contributed by atoms with van der Waals surface area (Å²) >= 11 is 7.15. The lowest BCUT2D eigenvalue weighted by Crippen LogP contribution is -2.44. The van der Waals surface area contributed by atoms with Crippen LogP contribution in [0.15, 0.2) is 12.1 Å². The Labute approximate surface area is 115 Å². The minimum Gasteiger partial charge on any atom is -0.481 e. The standard InChI is InChI=1S/C12H16ClNO3S/c1-12(2,6-5-11(16)17)14-10(15)7-8-3-4-9(13)18-8/h3-4H,5-7H2,1-2H3,(H,14,15)(H,16,17). The van der Waals surface area contributed by atoms with E-state index in [-0.39, 0.29) is 18.7 Å². The molecule has 18 heavy (non-hydrogen) atoms. The molecule has 1 aromatic rings. The molecule has 1 rings (SSSR count). The number of hydrogen-bond acceptors (Lipinski definition) is 3. The van der Waals surface area contributed by atoms with Crippen LogP contribution in [-0.4, -0.2) is 22.5 Å². The number of carboxylic acid groups (broad SMARTS) is 1. The van der Waals surface area contributed by atoms with Crippen LogP contribution in [0.5, 0.6) is 0 Å². The van der Waals surface area contributed by atoms with Gasteiger partial charge in [0.15, 0.2) is 0 Å². The molecule has 4 nitrogen and oxygen atoms in total. The van der Waals surface area contributed by atoms with Gasteiger partial charge < -0.3 is 10.4 Å². The molecule has 0 saturated heterocycles. The largest absolute Gasteiger partial charge is 0.481 e. The lowest BCUT2D eigenvalue weighted by Gasteiger charge is -2.25. The van der Waals surface area contributed by atoms with Crippen molar-refractivity contribution in [1.29, 1.82) is 0 Å². The number of hydrogen-bond donors (Lipinski definition) is 2. The molecule has 6 heteroatoms. The molecular formula is C12H16ClNO3S. The van der Waals surface area contributed by atoms with E-state index < -0.39 is 11.5 Å². The molecule has 0 aliphatic carbocycles. The Bertz CT molecular complexity index is 442. The van der Waals surface area contributed by atoms with E-state index in [2.05, 4.69) is 5.32 Å². The van der Waals surface area contributed by atoms with E-state index in [0.29, 0.717) is 10.8 Å². The summed E-state index contributed by atoms with van der Waals surface area (Å²) in [6.45, 7) is 3.63. The number of halogens is 1. The van der Waals surface area contributed by atoms with Gasteiger partial charge in [0.05, 0.1) is 10.8 Å². The van der Waals surface area contributed by atoms with Crippen LogP contribution in [0.4, 0.5) is 0 Å². The number of nitrogens with one attached hydrogen (secondary N) is 1. The van der Waals surface area contributed by atoms with Crippen LogP contribution in [0.1, 0.15) is 31.6 Å². The van der Waals surface area contributed by atoms with E-state index >= 15 is 0 Å². The highest BCUT2D eigenvalue weighted by atomic mass is 35.5. The summed E-state index contributed by atoms with van der Waals surface area (Å²) in [5.74, 6) is -0.980. The summed E-state index contributed by atoms with van der Waals surface area (Å²) in [5.41, 5.74) is -0.517. The Balaban J connectivity index is 2.45. The first-order valence-corrected chi connectivity index (χ1v) is 6.75. The predicted octanol–water partition coefficient (Wildman–Crippen LogP) is 2.70. The van der Waals surface area contributed by atoms with Gasteiger partial charge in [0.1, 0.15) is 0 Å². The molecule has 0 aliphatic rings. The van der Waals surface area contributed by atoms with Crippen LogP contribution < -0.4 is 5.32 Å². The SMILES string of the molecule is CC(C)(CCC(=O)O)NC(=O)Cc1ccc(Cl)s1. The van der Waals surface area contributed by atoms with Crippen molar-refractivity contribution < 1.29 is 14.7 Å². The highest BCUT2D eigenvalue weighted by Crippen LogP contribution is 2.22. The zero-order chi connectivity index (χ0) is 13.8.